The van der Waals surface area contributed by atoms with E-state index in [-0.39, 0.29) is 5.41 Å². The number of carbonyl (C=O) groups is 1. The molecule has 1 amide bonds. The van der Waals surface area contributed by atoms with Crippen LogP contribution in [0.25, 0.3) is 10.2 Å². The van der Waals surface area contributed by atoms with Crippen molar-refractivity contribution in [2.24, 2.45) is 17.3 Å². The average Bonchev–Trinajstić information content (AvgIpc) is 2.92. The first-order chi connectivity index (χ1) is 16.1. The van der Waals surface area contributed by atoms with Gasteiger partial charge >= 0.3 is 0 Å². The van der Waals surface area contributed by atoms with Crippen LogP contribution >= 0.6 is 11.3 Å². The molecule has 1 atom stereocenters. The van der Waals surface area contributed by atoms with Crippen LogP contribution in [-0.2, 0) is 24.1 Å². The van der Waals surface area contributed by atoms with Crippen LogP contribution in [0.2, 0.25) is 0 Å². The molecule has 2 aromatic rings. The highest BCUT2D eigenvalue weighted by atomic mass is 32.1. The lowest BCUT2D eigenvalue weighted by molar-refractivity contribution is -0.132. The number of aromatic nitrogens is 2. The number of carbonyl (C=O) groups excluding carboxylic acids is 1. The third-order valence-electron chi connectivity index (χ3n) is 7.10. The van der Waals surface area contributed by atoms with Crippen molar-refractivity contribution in [2.75, 3.05) is 31.1 Å². The molecule has 3 heterocycles. The summed E-state index contributed by atoms with van der Waals surface area (Å²) in [6.07, 6.45) is 8.86. The second kappa shape index (κ2) is 10.5. The normalized spacial score (nSPS) is 18.3. The van der Waals surface area contributed by atoms with Crippen LogP contribution in [0.15, 0.2) is 0 Å². The molecule has 0 N–H and O–H groups in total. The minimum absolute atomic E-state index is 0.267. The van der Waals surface area contributed by atoms with Gasteiger partial charge < -0.3 is 9.80 Å². The first-order valence-electron chi connectivity index (χ1n) is 13.4. The molecule has 1 fully saturated rings. The van der Waals surface area contributed by atoms with Crippen molar-refractivity contribution in [3.05, 3.63) is 16.3 Å². The van der Waals surface area contributed by atoms with Gasteiger partial charge in [0, 0.05) is 43.9 Å². The topological polar surface area (TPSA) is 49.3 Å². The van der Waals surface area contributed by atoms with E-state index in [1.807, 2.05) is 11.3 Å². The first-order valence-corrected chi connectivity index (χ1v) is 14.3. The first kappa shape index (κ1) is 25.4. The van der Waals surface area contributed by atoms with Crippen molar-refractivity contribution < 1.29 is 4.79 Å². The molecule has 4 rings (SSSR count). The summed E-state index contributed by atoms with van der Waals surface area (Å²) in [4.78, 5) is 30.4. The zero-order chi connectivity index (χ0) is 24.5. The predicted octanol–water partition coefficient (Wildman–Crippen LogP) is 6.27. The number of anilines is 1. The quantitative estimate of drug-likeness (QED) is 0.453. The van der Waals surface area contributed by atoms with E-state index in [1.165, 1.54) is 46.3 Å². The average molecular weight is 485 g/mol. The van der Waals surface area contributed by atoms with Crippen LogP contribution in [0.5, 0.6) is 0 Å². The Morgan fingerprint density at radius 3 is 2.38 bits per heavy atom. The number of nitrogens with zero attached hydrogens (tertiary/aromatic N) is 4. The summed E-state index contributed by atoms with van der Waals surface area (Å²) in [7, 11) is 0. The van der Waals surface area contributed by atoms with Gasteiger partial charge in [-0.2, -0.15) is 0 Å². The Morgan fingerprint density at radius 1 is 1.00 bits per heavy atom. The van der Waals surface area contributed by atoms with Gasteiger partial charge in [0.25, 0.3) is 0 Å². The maximum Gasteiger partial charge on any atom is 0.222 e. The molecule has 0 radical (unpaired) electrons. The summed E-state index contributed by atoms with van der Waals surface area (Å²) in [5.74, 6) is 3.38. The minimum atomic E-state index is 0.267. The van der Waals surface area contributed by atoms with Crippen LogP contribution in [0.4, 0.5) is 5.82 Å². The Bertz CT molecular complexity index is 998. The number of aryl methyl sites for hydroxylation is 2. The molecule has 0 spiro atoms. The van der Waals surface area contributed by atoms with Crippen molar-refractivity contribution in [2.45, 2.75) is 92.9 Å². The van der Waals surface area contributed by atoms with E-state index in [4.69, 9.17) is 9.97 Å². The molecule has 188 valence electrons. The smallest absolute Gasteiger partial charge is 0.222 e. The lowest BCUT2D eigenvalue weighted by Crippen LogP contribution is -2.49. The second-order valence-corrected chi connectivity index (χ2v) is 13.3. The molecule has 1 aliphatic carbocycles. The number of amides is 1. The molecule has 6 heteroatoms. The summed E-state index contributed by atoms with van der Waals surface area (Å²) in [5.41, 5.74) is 1.78. The summed E-state index contributed by atoms with van der Waals surface area (Å²) < 4.78 is 0. The summed E-state index contributed by atoms with van der Waals surface area (Å²) >= 11 is 1.91. The van der Waals surface area contributed by atoms with E-state index in [9.17, 15) is 4.79 Å². The molecular weight excluding hydrogens is 440 g/mol. The largest absolute Gasteiger partial charge is 0.352 e. The maximum atomic E-state index is 13.0. The fourth-order valence-corrected chi connectivity index (χ4v) is 7.03. The molecule has 2 aromatic heterocycles. The van der Waals surface area contributed by atoms with Gasteiger partial charge in [0.2, 0.25) is 5.91 Å². The van der Waals surface area contributed by atoms with E-state index in [2.05, 4.69) is 51.3 Å². The Labute approximate surface area is 210 Å². The van der Waals surface area contributed by atoms with Crippen molar-refractivity contribution in [1.82, 2.24) is 14.9 Å². The number of thiophene rings is 1. The van der Waals surface area contributed by atoms with Crippen molar-refractivity contribution >= 4 is 33.3 Å². The van der Waals surface area contributed by atoms with E-state index < -0.39 is 0 Å². The van der Waals surface area contributed by atoms with Gasteiger partial charge in [0.05, 0.1) is 5.39 Å². The molecule has 0 saturated carbocycles. The van der Waals surface area contributed by atoms with Gasteiger partial charge in [-0.15, -0.1) is 11.3 Å². The van der Waals surface area contributed by atoms with Crippen LogP contribution in [0.1, 0.15) is 89.9 Å². The van der Waals surface area contributed by atoms with Gasteiger partial charge in [0.1, 0.15) is 16.5 Å². The van der Waals surface area contributed by atoms with Crippen LogP contribution in [0.3, 0.4) is 0 Å². The van der Waals surface area contributed by atoms with Crippen LogP contribution in [-0.4, -0.2) is 47.0 Å². The number of hydrogen-bond acceptors (Lipinski definition) is 5. The Hall–Kier alpha value is -1.69. The van der Waals surface area contributed by atoms with Crippen LogP contribution in [0, 0.1) is 17.3 Å². The molecule has 2 aliphatic rings. The molecule has 1 aliphatic heterocycles. The molecule has 0 bridgehead atoms. The zero-order valence-corrected chi connectivity index (χ0v) is 23.1. The molecule has 34 heavy (non-hydrogen) atoms. The Morgan fingerprint density at radius 2 is 1.71 bits per heavy atom. The lowest BCUT2D eigenvalue weighted by atomic mass is 9.84. The zero-order valence-electron chi connectivity index (χ0n) is 22.2. The molecule has 1 unspecified atom stereocenters. The van der Waals surface area contributed by atoms with E-state index in [1.54, 1.807) is 0 Å². The summed E-state index contributed by atoms with van der Waals surface area (Å²) in [5, 5.41) is 1.31. The highest BCUT2D eigenvalue weighted by molar-refractivity contribution is 7.19. The monoisotopic (exact) mass is 484 g/mol. The molecular formula is C28H44N4OS. The standard InChI is InChI=1S/C28H44N4OS/c1-19(2)16-23-29-26(25-21-10-8-7-9-11-22(21)34-27(25)30-23)32-14-12-31(13-15-32)24(33)17-20(3)18-28(4,5)6/h19-20H,7-18H2,1-6H3. The third-order valence-corrected chi connectivity index (χ3v) is 8.28. The summed E-state index contributed by atoms with van der Waals surface area (Å²) in [6, 6.07) is 0. The second-order valence-electron chi connectivity index (χ2n) is 12.2. The Balaban J connectivity index is 1.53. The van der Waals surface area contributed by atoms with Gasteiger partial charge in [-0.3, -0.25) is 4.79 Å². The predicted molar refractivity (Wildman–Crippen MR) is 144 cm³/mol. The Kier molecular flexibility index (Phi) is 7.85. The minimum Gasteiger partial charge on any atom is -0.352 e. The molecule has 5 nitrogen and oxygen atoms in total. The fraction of sp³-hybridized carbons (Fsp3) is 0.750. The lowest BCUT2D eigenvalue weighted by Gasteiger charge is -2.36. The number of rotatable bonds is 6. The van der Waals surface area contributed by atoms with E-state index in [0.717, 1.165) is 57.1 Å². The number of piperazine rings is 1. The van der Waals surface area contributed by atoms with Crippen molar-refractivity contribution in [3.8, 4) is 0 Å². The van der Waals surface area contributed by atoms with Gasteiger partial charge in [-0.05, 0) is 54.9 Å². The highest BCUT2D eigenvalue weighted by Gasteiger charge is 2.28. The van der Waals surface area contributed by atoms with E-state index >= 15 is 0 Å². The highest BCUT2D eigenvalue weighted by Crippen LogP contribution is 2.39. The van der Waals surface area contributed by atoms with Gasteiger partial charge in [-0.25, -0.2) is 9.97 Å². The van der Waals surface area contributed by atoms with Gasteiger partial charge in [-0.1, -0.05) is 48.0 Å². The maximum absolute atomic E-state index is 13.0. The SMILES string of the molecule is CC(C)Cc1nc(N2CCN(C(=O)CC(C)CC(C)(C)C)CC2)c2c3c(sc2n1)CCCCC3. The van der Waals surface area contributed by atoms with Crippen molar-refractivity contribution in [3.63, 3.8) is 0 Å². The third kappa shape index (κ3) is 6.10. The number of fused-ring (bicyclic) bond motifs is 3. The summed E-state index contributed by atoms with van der Waals surface area (Å²) in [6.45, 7) is 16.8. The van der Waals surface area contributed by atoms with Crippen LogP contribution < -0.4 is 4.90 Å². The molecule has 0 aromatic carbocycles. The van der Waals surface area contributed by atoms with Gasteiger partial charge in [0.15, 0.2) is 0 Å². The van der Waals surface area contributed by atoms with E-state index in [0.29, 0.717) is 24.2 Å². The fourth-order valence-electron chi connectivity index (χ4n) is 5.76. The number of hydrogen-bond donors (Lipinski definition) is 0. The van der Waals surface area contributed by atoms with Crippen molar-refractivity contribution in [1.29, 1.82) is 0 Å². The molecule has 1 saturated heterocycles.